The molecule has 1 rings (SSSR count). The fraction of sp³-hybridized carbons (Fsp3) is 0.684. The van der Waals surface area contributed by atoms with E-state index in [-0.39, 0.29) is 0 Å². The smallest absolute Gasteiger partial charge is 0.0128 e. The van der Waals surface area contributed by atoms with Gasteiger partial charge in [0, 0.05) is 0 Å². The summed E-state index contributed by atoms with van der Waals surface area (Å²) < 4.78 is 0. The van der Waals surface area contributed by atoms with Crippen molar-refractivity contribution >= 4 is 0 Å². The van der Waals surface area contributed by atoms with E-state index in [1.807, 2.05) is 0 Å². The first-order valence-electron chi connectivity index (χ1n) is 8.30. The summed E-state index contributed by atoms with van der Waals surface area (Å²) in [6, 6.07) is 12.1. The molecule has 0 amide bonds. The minimum absolute atomic E-state index is 0.726. The number of hydrogen-bond acceptors (Lipinski definition) is 0. The maximum atomic E-state index is 3.49. The molecule has 0 N–H and O–H groups in total. The molecule has 0 saturated heterocycles. The first-order valence-corrected chi connectivity index (χ1v) is 8.30. The van der Waals surface area contributed by atoms with Crippen LogP contribution < -0.4 is 0 Å². The molecule has 107 valence electrons. The third kappa shape index (κ3) is 5.80. The van der Waals surface area contributed by atoms with Crippen molar-refractivity contribution in [1.82, 2.24) is 0 Å². The van der Waals surface area contributed by atoms with Crippen LogP contribution in [0.25, 0.3) is 0 Å². The average Bonchev–Trinajstić information content (AvgIpc) is 2.47. The van der Waals surface area contributed by atoms with Crippen molar-refractivity contribution in [3.63, 3.8) is 0 Å². The molecule has 0 aliphatic carbocycles. The summed E-state index contributed by atoms with van der Waals surface area (Å²) in [5.41, 5.74) is 1.45. The van der Waals surface area contributed by atoms with Crippen LogP contribution in [0.15, 0.2) is 24.3 Å². The second-order valence-electron chi connectivity index (χ2n) is 5.73. The van der Waals surface area contributed by atoms with Crippen molar-refractivity contribution in [2.24, 2.45) is 5.92 Å². The van der Waals surface area contributed by atoms with Gasteiger partial charge in [-0.3, -0.25) is 0 Å². The van der Waals surface area contributed by atoms with Crippen molar-refractivity contribution in [2.45, 2.75) is 78.1 Å². The number of rotatable bonds is 10. The molecule has 2 unspecified atom stereocenters. The lowest BCUT2D eigenvalue weighted by Gasteiger charge is -2.27. The molecule has 0 heteroatoms. The van der Waals surface area contributed by atoms with Crippen LogP contribution in [0.2, 0.25) is 0 Å². The van der Waals surface area contributed by atoms with Gasteiger partial charge in [-0.05, 0) is 36.3 Å². The summed E-state index contributed by atoms with van der Waals surface area (Å²) in [4.78, 5) is 0. The molecule has 0 aliphatic heterocycles. The van der Waals surface area contributed by atoms with Gasteiger partial charge in [-0.2, -0.15) is 0 Å². The molecule has 0 aromatic heterocycles. The van der Waals surface area contributed by atoms with Crippen LogP contribution in [0.3, 0.4) is 0 Å². The van der Waals surface area contributed by atoms with Crippen molar-refractivity contribution in [3.8, 4) is 0 Å². The monoisotopic (exact) mass is 259 g/mol. The van der Waals surface area contributed by atoms with E-state index in [0.29, 0.717) is 0 Å². The Bertz CT molecular complexity index is 301. The van der Waals surface area contributed by atoms with Crippen molar-refractivity contribution < 1.29 is 0 Å². The first kappa shape index (κ1) is 16.3. The summed E-state index contributed by atoms with van der Waals surface area (Å²) in [7, 11) is 0. The van der Waals surface area contributed by atoms with Crippen molar-refractivity contribution in [3.05, 3.63) is 35.9 Å². The lowest BCUT2D eigenvalue weighted by molar-refractivity contribution is 0.347. The fourth-order valence-corrected chi connectivity index (χ4v) is 3.05. The Balaban J connectivity index is 2.72. The van der Waals surface area contributed by atoms with Crippen LogP contribution in [0.4, 0.5) is 0 Å². The van der Waals surface area contributed by atoms with Gasteiger partial charge >= 0.3 is 0 Å². The topological polar surface area (TPSA) is 0 Å². The van der Waals surface area contributed by atoms with Crippen molar-refractivity contribution in [1.29, 1.82) is 0 Å². The lowest BCUT2D eigenvalue weighted by atomic mass is 9.78. The molecule has 0 heterocycles. The number of benzene rings is 1. The highest BCUT2D eigenvalue weighted by molar-refractivity contribution is 5.18. The predicted octanol–water partition coefficient (Wildman–Crippen LogP) is 6.37. The van der Waals surface area contributed by atoms with E-state index in [1.54, 1.807) is 0 Å². The van der Waals surface area contributed by atoms with Gasteiger partial charge in [-0.25, -0.2) is 0 Å². The summed E-state index contributed by atoms with van der Waals surface area (Å²) in [6.45, 7) is 6.95. The van der Waals surface area contributed by atoms with Gasteiger partial charge in [0.05, 0.1) is 0 Å². The maximum absolute atomic E-state index is 3.49. The number of hydrogen-bond donors (Lipinski definition) is 0. The molecule has 1 aromatic rings. The molecule has 1 aromatic carbocycles. The third-order valence-electron chi connectivity index (χ3n) is 4.27. The van der Waals surface area contributed by atoms with Gasteiger partial charge in [0.2, 0.25) is 0 Å². The molecule has 2 atom stereocenters. The van der Waals surface area contributed by atoms with E-state index < -0.39 is 0 Å². The van der Waals surface area contributed by atoms with E-state index in [2.05, 4.69) is 51.1 Å². The van der Waals surface area contributed by atoms with Crippen LogP contribution in [0.5, 0.6) is 0 Å². The fourth-order valence-electron chi connectivity index (χ4n) is 3.05. The quantitative estimate of drug-likeness (QED) is 0.428. The second kappa shape index (κ2) is 10.1. The molecule has 0 nitrogen and oxygen atoms in total. The van der Waals surface area contributed by atoms with E-state index in [1.165, 1.54) is 56.9 Å². The normalized spacial score (nSPS) is 14.3. The Morgan fingerprint density at radius 1 is 0.947 bits per heavy atom. The molecule has 0 spiro atoms. The molecule has 0 saturated carbocycles. The number of unbranched alkanes of at least 4 members (excludes halogenated alkanes) is 3. The third-order valence-corrected chi connectivity index (χ3v) is 4.27. The molecule has 0 fully saturated rings. The highest BCUT2D eigenvalue weighted by Crippen LogP contribution is 2.35. The van der Waals surface area contributed by atoms with E-state index in [9.17, 15) is 0 Å². The Hall–Kier alpha value is -0.780. The maximum Gasteiger partial charge on any atom is -0.0128 e. The van der Waals surface area contributed by atoms with Gasteiger partial charge in [0.1, 0.15) is 0 Å². The zero-order chi connectivity index (χ0) is 13.9. The largest absolute Gasteiger partial charge is 0.0654 e. The lowest BCUT2D eigenvalue weighted by Crippen LogP contribution is -2.13. The van der Waals surface area contributed by atoms with Crippen LogP contribution in [0, 0.1) is 12.0 Å². The van der Waals surface area contributed by atoms with E-state index >= 15 is 0 Å². The predicted molar refractivity (Wildman–Crippen MR) is 85.5 cm³/mol. The van der Waals surface area contributed by atoms with Crippen LogP contribution in [-0.2, 0) is 0 Å². The zero-order valence-electron chi connectivity index (χ0n) is 13.1. The second-order valence-corrected chi connectivity index (χ2v) is 5.73. The molecule has 19 heavy (non-hydrogen) atoms. The van der Waals surface area contributed by atoms with E-state index in [0.717, 1.165) is 11.8 Å². The van der Waals surface area contributed by atoms with Crippen LogP contribution >= 0.6 is 0 Å². The molecule has 0 aliphatic rings. The van der Waals surface area contributed by atoms with Gasteiger partial charge in [0.15, 0.2) is 0 Å². The molecular weight excluding hydrogens is 228 g/mol. The Morgan fingerprint density at radius 2 is 1.74 bits per heavy atom. The van der Waals surface area contributed by atoms with Crippen molar-refractivity contribution in [2.75, 3.05) is 0 Å². The Labute approximate surface area is 120 Å². The molecule has 0 bridgehead atoms. The standard InChI is InChI=1S/C19H31/c1-4-7-10-16-19(17(6-3)13-8-5-2)18-14-11-9-12-15-18/h9,11-12,14,17,19H,4-8,10,13,16H2,1-3H3. The minimum Gasteiger partial charge on any atom is -0.0654 e. The zero-order valence-corrected chi connectivity index (χ0v) is 13.1. The Morgan fingerprint density at radius 3 is 2.32 bits per heavy atom. The van der Waals surface area contributed by atoms with Gasteiger partial charge in [0.25, 0.3) is 0 Å². The molecule has 1 radical (unpaired) electrons. The van der Waals surface area contributed by atoms with Gasteiger partial charge in [-0.1, -0.05) is 83.6 Å². The summed E-state index contributed by atoms with van der Waals surface area (Å²) in [5, 5.41) is 0. The minimum atomic E-state index is 0.726. The van der Waals surface area contributed by atoms with Crippen LogP contribution in [-0.4, -0.2) is 0 Å². The molecular formula is C19H31. The van der Waals surface area contributed by atoms with Gasteiger partial charge in [-0.15, -0.1) is 0 Å². The van der Waals surface area contributed by atoms with Gasteiger partial charge < -0.3 is 0 Å². The highest BCUT2D eigenvalue weighted by Gasteiger charge is 2.20. The summed E-state index contributed by atoms with van der Waals surface area (Å²) in [6.07, 6.45) is 10.8. The highest BCUT2D eigenvalue weighted by atomic mass is 14.3. The SMILES string of the molecule is CCCCCC(c1[c]cccc1)C(CC)CCCC. The van der Waals surface area contributed by atoms with E-state index in [4.69, 9.17) is 0 Å². The average molecular weight is 259 g/mol. The Kier molecular flexibility index (Phi) is 8.62. The summed E-state index contributed by atoms with van der Waals surface area (Å²) >= 11 is 0. The van der Waals surface area contributed by atoms with Crippen LogP contribution in [0.1, 0.15) is 83.6 Å². The summed E-state index contributed by atoms with van der Waals surface area (Å²) in [5.74, 6) is 1.57. The first-order chi connectivity index (χ1) is 9.33.